The van der Waals surface area contributed by atoms with Crippen molar-refractivity contribution in [1.29, 1.82) is 5.41 Å². The number of likely N-dealkylation sites (N-methyl/N-ethyl adjacent to an activating group) is 1. The summed E-state index contributed by atoms with van der Waals surface area (Å²) >= 11 is 0. The molecule has 29 heavy (non-hydrogen) atoms. The second-order valence-corrected chi connectivity index (χ2v) is 8.09. The number of carbonyl (C=O) groups is 1. The standard InChI is InChI=1S/C21H26N6O2/c1-14(2)13-27-18(22)15(20(28)25-10-8-24(3)9-11-25)12-16-19(27)23-17-6-4-5-7-26(17)21(16)29/h4-7,12,14,22H,8-11,13H2,1-3H3. The first-order chi connectivity index (χ1) is 13.9. The molecule has 1 fully saturated rings. The lowest BCUT2D eigenvalue weighted by Gasteiger charge is -2.32. The van der Waals surface area contributed by atoms with Crippen LogP contribution < -0.4 is 11.0 Å². The van der Waals surface area contributed by atoms with E-state index in [9.17, 15) is 9.59 Å². The summed E-state index contributed by atoms with van der Waals surface area (Å²) in [6.07, 6.45) is 1.67. The van der Waals surface area contributed by atoms with Crippen LogP contribution in [-0.2, 0) is 6.54 Å². The Morgan fingerprint density at radius 2 is 1.93 bits per heavy atom. The summed E-state index contributed by atoms with van der Waals surface area (Å²) in [7, 11) is 2.03. The third-order valence-corrected chi connectivity index (χ3v) is 5.39. The van der Waals surface area contributed by atoms with Gasteiger partial charge in [-0.05, 0) is 31.2 Å². The molecule has 4 heterocycles. The van der Waals surface area contributed by atoms with E-state index in [0.29, 0.717) is 36.3 Å². The normalized spacial score (nSPS) is 15.5. The van der Waals surface area contributed by atoms with E-state index in [2.05, 4.69) is 9.88 Å². The van der Waals surface area contributed by atoms with Gasteiger partial charge >= 0.3 is 0 Å². The Morgan fingerprint density at radius 1 is 1.21 bits per heavy atom. The first kappa shape index (κ1) is 19.3. The zero-order valence-electron chi connectivity index (χ0n) is 17.1. The van der Waals surface area contributed by atoms with Gasteiger partial charge in [-0.2, -0.15) is 0 Å². The number of aromatic nitrogens is 3. The number of piperazine rings is 1. The maximum Gasteiger partial charge on any atom is 0.267 e. The molecule has 0 radical (unpaired) electrons. The Kier molecular flexibility index (Phi) is 4.96. The van der Waals surface area contributed by atoms with Crippen LogP contribution in [0.1, 0.15) is 24.2 Å². The molecule has 0 saturated carbocycles. The van der Waals surface area contributed by atoms with E-state index in [1.54, 1.807) is 33.9 Å². The van der Waals surface area contributed by atoms with Crippen LogP contribution >= 0.6 is 0 Å². The van der Waals surface area contributed by atoms with Gasteiger partial charge in [-0.1, -0.05) is 19.9 Å². The minimum Gasteiger partial charge on any atom is -0.336 e. The lowest BCUT2D eigenvalue weighted by Crippen LogP contribution is -2.48. The van der Waals surface area contributed by atoms with Gasteiger partial charge in [-0.25, -0.2) is 4.98 Å². The molecule has 1 amide bonds. The molecule has 0 bridgehead atoms. The van der Waals surface area contributed by atoms with E-state index in [1.807, 2.05) is 27.0 Å². The fourth-order valence-corrected chi connectivity index (χ4v) is 3.77. The molecule has 3 aromatic rings. The predicted octanol–water partition coefficient (Wildman–Crippen LogP) is 1.17. The maximum absolute atomic E-state index is 13.2. The molecule has 0 atom stereocenters. The van der Waals surface area contributed by atoms with Gasteiger partial charge in [0.1, 0.15) is 16.8 Å². The van der Waals surface area contributed by atoms with Crippen LogP contribution in [-0.4, -0.2) is 62.9 Å². The molecule has 0 unspecified atom stereocenters. The van der Waals surface area contributed by atoms with Crippen LogP contribution in [0.3, 0.4) is 0 Å². The van der Waals surface area contributed by atoms with Crippen LogP contribution in [0.5, 0.6) is 0 Å². The largest absolute Gasteiger partial charge is 0.336 e. The number of hydrogen-bond donors (Lipinski definition) is 1. The van der Waals surface area contributed by atoms with E-state index in [1.165, 1.54) is 4.40 Å². The first-order valence-corrected chi connectivity index (χ1v) is 9.94. The Balaban J connectivity index is 1.96. The monoisotopic (exact) mass is 394 g/mol. The number of nitrogens with one attached hydrogen (secondary N) is 1. The lowest BCUT2D eigenvalue weighted by molar-refractivity contribution is 0.0661. The predicted molar refractivity (Wildman–Crippen MR) is 111 cm³/mol. The van der Waals surface area contributed by atoms with Crippen molar-refractivity contribution < 1.29 is 4.79 Å². The van der Waals surface area contributed by atoms with Gasteiger partial charge in [-0.3, -0.25) is 19.4 Å². The van der Waals surface area contributed by atoms with Gasteiger partial charge in [0.05, 0.1) is 10.9 Å². The highest BCUT2D eigenvalue weighted by molar-refractivity contribution is 5.97. The molecule has 1 saturated heterocycles. The van der Waals surface area contributed by atoms with Crippen molar-refractivity contribution >= 4 is 22.6 Å². The van der Waals surface area contributed by atoms with E-state index >= 15 is 0 Å². The molecule has 3 aromatic heterocycles. The van der Waals surface area contributed by atoms with Crippen molar-refractivity contribution in [2.24, 2.45) is 5.92 Å². The van der Waals surface area contributed by atoms with E-state index in [-0.39, 0.29) is 28.4 Å². The highest BCUT2D eigenvalue weighted by Gasteiger charge is 2.24. The molecule has 8 heteroatoms. The van der Waals surface area contributed by atoms with Crippen molar-refractivity contribution in [3.8, 4) is 0 Å². The van der Waals surface area contributed by atoms with Crippen LogP contribution in [0.2, 0.25) is 0 Å². The quantitative estimate of drug-likeness (QED) is 0.676. The summed E-state index contributed by atoms with van der Waals surface area (Å²) in [6, 6.07) is 6.93. The van der Waals surface area contributed by atoms with E-state index < -0.39 is 0 Å². The Bertz CT molecular complexity index is 1200. The molecule has 8 nitrogen and oxygen atoms in total. The molecular weight excluding hydrogens is 368 g/mol. The van der Waals surface area contributed by atoms with Gasteiger partial charge < -0.3 is 14.4 Å². The van der Waals surface area contributed by atoms with Gasteiger partial charge in [0.2, 0.25) is 0 Å². The topological polar surface area (TPSA) is 86.7 Å². The summed E-state index contributed by atoms with van der Waals surface area (Å²) in [5.41, 5.74) is 1.13. The maximum atomic E-state index is 13.2. The minimum atomic E-state index is -0.226. The number of amides is 1. The third-order valence-electron chi connectivity index (χ3n) is 5.39. The van der Waals surface area contributed by atoms with Crippen LogP contribution in [0.25, 0.3) is 16.7 Å². The number of fused-ring (bicyclic) bond motifs is 2. The lowest BCUT2D eigenvalue weighted by atomic mass is 10.1. The summed E-state index contributed by atoms with van der Waals surface area (Å²) in [5.74, 6) is 0.0392. The molecule has 0 spiro atoms. The zero-order valence-corrected chi connectivity index (χ0v) is 17.1. The minimum absolute atomic E-state index is 0.113. The molecule has 1 N–H and O–H groups in total. The molecule has 1 aliphatic rings. The first-order valence-electron chi connectivity index (χ1n) is 9.94. The van der Waals surface area contributed by atoms with Crippen molar-refractivity contribution in [1.82, 2.24) is 23.8 Å². The Hall–Kier alpha value is -3.00. The van der Waals surface area contributed by atoms with E-state index in [4.69, 9.17) is 5.41 Å². The second kappa shape index (κ2) is 7.44. The van der Waals surface area contributed by atoms with Gasteiger partial charge in [0, 0.05) is 38.9 Å². The summed E-state index contributed by atoms with van der Waals surface area (Å²) < 4.78 is 3.19. The fourth-order valence-electron chi connectivity index (χ4n) is 3.77. The summed E-state index contributed by atoms with van der Waals surface area (Å²) in [5, 5.41) is 9.11. The number of hydrogen-bond acceptors (Lipinski definition) is 5. The molecular formula is C21H26N6O2. The second-order valence-electron chi connectivity index (χ2n) is 8.09. The van der Waals surface area contributed by atoms with Crippen LogP contribution in [0, 0.1) is 11.3 Å². The van der Waals surface area contributed by atoms with Crippen molar-refractivity contribution in [3.05, 3.63) is 51.9 Å². The third kappa shape index (κ3) is 3.44. The molecule has 1 aliphatic heterocycles. The zero-order chi connectivity index (χ0) is 20.7. The average molecular weight is 394 g/mol. The van der Waals surface area contributed by atoms with Gasteiger partial charge in [0.25, 0.3) is 11.5 Å². The van der Waals surface area contributed by atoms with Gasteiger partial charge in [0.15, 0.2) is 0 Å². The van der Waals surface area contributed by atoms with Crippen LogP contribution in [0.4, 0.5) is 0 Å². The number of carbonyl (C=O) groups excluding carboxylic acids is 1. The summed E-state index contributed by atoms with van der Waals surface area (Å²) in [6.45, 7) is 7.43. The van der Waals surface area contributed by atoms with Crippen LogP contribution in [0.15, 0.2) is 35.3 Å². The van der Waals surface area contributed by atoms with Gasteiger partial charge in [-0.15, -0.1) is 0 Å². The van der Waals surface area contributed by atoms with Crippen molar-refractivity contribution in [3.63, 3.8) is 0 Å². The SMILES string of the molecule is CC(C)Cn1c(=N)c(C(=O)N2CCN(C)CC2)cc2c(=O)n3ccccc3nc21. The summed E-state index contributed by atoms with van der Waals surface area (Å²) in [4.78, 5) is 35.0. The molecule has 4 rings (SSSR count). The van der Waals surface area contributed by atoms with E-state index in [0.717, 1.165) is 13.1 Å². The average Bonchev–Trinajstić information content (AvgIpc) is 2.70. The smallest absolute Gasteiger partial charge is 0.267 e. The van der Waals surface area contributed by atoms with Crippen molar-refractivity contribution in [2.45, 2.75) is 20.4 Å². The van der Waals surface area contributed by atoms with Crippen molar-refractivity contribution in [2.75, 3.05) is 33.2 Å². The fraction of sp³-hybridized carbons (Fsp3) is 0.429. The highest BCUT2D eigenvalue weighted by Crippen LogP contribution is 2.14. The number of nitrogens with zero attached hydrogens (tertiary/aromatic N) is 5. The number of rotatable bonds is 3. The molecule has 0 aromatic carbocycles. The Morgan fingerprint density at radius 3 is 2.62 bits per heavy atom. The molecule has 152 valence electrons. The molecule has 0 aliphatic carbocycles. The number of pyridine rings is 2. The highest BCUT2D eigenvalue weighted by atomic mass is 16.2. The Labute approximate surface area is 168 Å².